The number of aromatic nitrogens is 4. The largest absolute Gasteiger partial charge is 0.435 e. The maximum Gasteiger partial charge on any atom is 0.435 e. The van der Waals surface area contributed by atoms with Crippen molar-refractivity contribution in [3.05, 3.63) is 76.0 Å². The molecule has 4 heterocycles. The third-order valence-corrected chi connectivity index (χ3v) is 5.51. The van der Waals surface area contributed by atoms with E-state index in [1.165, 1.54) is 28.0 Å². The van der Waals surface area contributed by atoms with Gasteiger partial charge in [0, 0.05) is 41.0 Å². The average molecular weight is 462 g/mol. The molecule has 0 radical (unpaired) electrons. The van der Waals surface area contributed by atoms with Crippen LogP contribution in [0.5, 0.6) is 0 Å². The standard InChI is InChI=1S/C22H18F3N5O.ClH/c23-22(24,25)20-6-5-17(28-29-20)13-7-9-30(21(31)10-13)14-3-4-15-16-12-26-8-1-2-18(16)27-19(15)11-14;/h3-7,9-11,26-27H,1-2,8,12H2;1H. The molecule has 0 bridgehead atoms. The highest BCUT2D eigenvalue weighted by atomic mass is 35.5. The van der Waals surface area contributed by atoms with Crippen LogP contribution in [0.1, 0.15) is 23.4 Å². The minimum absolute atomic E-state index is 0. The van der Waals surface area contributed by atoms with Gasteiger partial charge in [0.25, 0.3) is 5.56 Å². The van der Waals surface area contributed by atoms with Crippen molar-refractivity contribution >= 4 is 23.3 Å². The number of benzene rings is 1. The highest BCUT2D eigenvalue weighted by Crippen LogP contribution is 2.28. The quantitative estimate of drug-likeness (QED) is 0.468. The molecule has 1 aromatic carbocycles. The zero-order chi connectivity index (χ0) is 21.6. The lowest BCUT2D eigenvalue weighted by atomic mass is 10.1. The molecule has 32 heavy (non-hydrogen) atoms. The van der Waals surface area contributed by atoms with E-state index in [0.29, 0.717) is 11.3 Å². The molecule has 4 aromatic rings. The molecule has 1 aliphatic rings. The molecule has 2 N–H and O–H groups in total. The molecule has 3 aromatic heterocycles. The molecular formula is C22H19ClF3N5O. The summed E-state index contributed by atoms with van der Waals surface area (Å²) in [6.07, 6.45) is -0.914. The lowest BCUT2D eigenvalue weighted by Crippen LogP contribution is -2.17. The van der Waals surface area contributed by atoms with E-state index in [4.69, 9.17) is 0 Å². The number of halogens is 4. The summed E-state index contributed by atoms with van der Waals surface area (Å²) in [6.45, 7) is 1.81. The molecule has 0 fully saturated rings. The van der Waals surface area contributed by atoms with Crippen LogP contribution in [0.4, 0.5) is 13.2 Å². The van der Waals surface area contributed by atoms with Crippen LogP contribution in [0.3, 0.4) is 0 Å². The topological polar surface area (TPSA) is 75.6 Å². The molecule has 166 valence electrons. The molecule has 5 rings (SSSR count). The third-order valence-electron chi connectivity index (χ3n) is 5.51. The summed E-state index contributed by atoms with van der Waals surface area (Å²) in [7, 11) is 0. The van der Waals surface area contributed by atoms with Gasteiger partial charge in [-0.3, -0.25) is 9.36 Å². The van der Waals surface area contributed by atoms with Gasteiger partial charge in [0.1, 0.15) is 0 Å². The number of alkyl halides is 3. The lowest BCUT2D eigenvalue weighted by Gasteiger charge is -2.08. The van der Waals surface area contributed by atoms with E-state index in [9.17, 15) is 18.0 Å². The predicted molar refractivity (Wildman–Crippen MR) is 117 cm³/mol. The molecule has 0 amide bonds. The Morgan fingerprint density at radius 1 is 1.03 bits per heavy atom. The van der Waals surface area contributed by atoms with Crippen LogP contribution in [0.25, 0.3) is 27.8 Å². The number of rotatable bonds is 2. The van der Waals surface area contributed by atoms with Crippen LogP contribution in [0.15, 0.2) is 53.5 Å². The van der Waals surface area contributed by atoms with E-state index < -0.39 is 11.9 Å². The summed E-state index contributed by atoms with van der Waals surface area (Å²) in [4.78, 5) is 16.2. The van der Waals surface area contributed by atoms with E-state index in [-0.39, 0.29) is 23.7 Å². The molecule has 0 atom stereocenters. The predicted octanol–water partition coefficient (Wildman–Crippen LogP) is 4.25. The maximum absolute atomic E-state index is 12.7. The van der Waals surface area contributed by atoms with Crippen LogP contribution in [0, 0.1) is 0 Å². The Morgan fingerprint density at radius 3 is 2.59 bits per heavy atom. The van der Waals surface area contributed by atoms with Crippen molar-refractivity contribution in [1.82, 2.24) is 25.1 Å². The first kappa shape index (κ1) is 22.0. The van der Waals surface area contributed by atoms with Gasteiger partial charge in [-0.25, -0.2) is 0 Å². The molecule has 0 saturated carbocycles. The summed E-state index contributed by atoms with van der Waals surface area (Å²) in [6, 6.07) is 10.9. The smallest absolute Gasteiger partial charge is 0.358 e. The van der Waals surface area contributed by atoms with E-state index in [0.717, 1.165) is 42.9 Å². The summed E-state index contributed by atoms with van der Waals surface area (Å²) < 4.78 is 39.5. The minimum Gasteiger partial charge on any atom is -0.358 e. The Kier molecular flexibility index (Phi) is 5.79. The zero-order valence-corrected chi connectivity index (χ0v) is 17.6. The minimum atomic E-state index is -4.56. The summed E-state index contributed by atoms with van der Waals surface area (Å²) >= 11 is 0. The first-order chi connectivity index (χ1) is 14.9. The van der Waals surface area contributed by atoms with E-state index in [1.54, 1.807) is 12.3 Å². The Morgan fingerprint density at radius 2 is 1.88 bits per heavy atom. The van der Waals surface area contributed by atoms with Gasteiger partial charge in [-0.05, 0) is 55.3 Å². The van der Waals surface area contributed by atoms with Crippen LogP contribution in [-0.2, 0) is 19.1 Å². The van der Waals surface area contributed by atoms with Crippen molar-refractivity contribution in [2.75, 3.05) is 6.54 Å². The SMILES string of the molecule is Cl.O=c1cc(-c2ccc(C(F)(F)F)nn2)ccn1-c1ccc2c3c([nH]c2c1)CCCNC3. The number of aromatic amines is 1. The van der Waals surface area contributed by atoms with Gasteiger partial charge in [0.05, 0.1) is 11.4 Å². The van der Waals surface area contributed by atoms with Gasteiger partial charge in [-0.1, -0.05) is 6.07 Å². The van der Waals surface area contributed by atoms with Crippen LogP contribution >= 0.6 is 12.4 Å². The highest BCUT2D eigenvalue weighted by Gasteiger charge is 2.32. The van der Waals surface area contributed by atoms with Crippen molar-refractivity contribution in [2.45, 2.75) is 25.6 Å². The van der Waals surface area contributed by atoms with Gasteiger partial charge in [-0.2, -0.15) is 13.2 Å². The number of pyridine rings is 1. The second-order valence-corrected chi connectivity index (χ2v) is 7.52. The van der Waals surface area contributed by atoms with Crippen molar-refractivity contribution in [1.29, 1.82) is 0 Å². The molecule has 1 aliphatic heterocycles. The van der Waals surface area contributed by atoms with E-state index >= 15 is 0 Å². The Labute approximate surface area is 186 Å². The zero-order valence-electron chi connectivity index (χ0n) is 16.7. The summed E-state index contributed by atoms with van der Waals surface area (Å²) in [5.74, 6) is 0. The number of nitrogens with one attached hydrogen (secondary N) is 2. The monoisotopic (exact) mass is 461 g/mol. The maximum atomic E-state index is 12.7. The van der Waals surface area contributed by atoms with Crippen molar-refractivity contribution < 1.29 is 13.2 Å². The number of fused-ring (bicyclic) bond motifs is 3. The fourth-order valence-corrected chi connectivity index (χ4v) is 3.96. The Balaban J connectivity index is 0.00000245. The normalized spacial score (nSPS) is 14.0. The average Bonchev–Trinajstić information content (AvgIpc) is 2.93. The van der Waals surface area contributed by atoms with Gasteiger partial charge in [0.2, 0.25) is 0 Å². The van der Waals surface area contributed by atoms with Crippen molar-refractivity contribution in [2.24, 2.45) is 0 Å². The van der Waals surface area contributed by atoms with E-state index in [2.05, 4.69) is 20.5 Å². The van der Waals surface area contributed by atoms with Crippen molar-refractivity contribution in [3.8, 4) is 16.9 Å². The highest BCUT2D eigenvalue weighted by molar-refractivity contribution is 5.86. The van der Waals surface area contributed by atoms with Gasteiger partial charge in [-0.15, -0.1) is 22.6 Å². The molecule has 0 spiro atoms. The molecule has 10 heteroatoms. The number of H-pyrrole nitrogens is 1. The molecular weight excluding hydrogens is 443 g/mol. The number of aryl methyl sites for hydroxylation is 1. The van der Waals surface area contributed by atoms with Crippen LogP contribution < -0.4 is 10.9 Å². The lowest BCUT2D eigenvalue weighted by molar-refractivity contribution is -0.141. The number of hydrogen-bond donors (Lipinski definition) is 2. The molecule has 6 nitrogen and oxygen atoms in total. The second kappa shape index (κ2) is 8.40. The summed E-state index contributed by atoms with van der Waals surface area (Å²) in [5, 5.41) is 11.4. The van der Waals surface area contributed by atoms with Gasteiger partial charge < -0.3 is 10.3 Å². The third kappa shape index (κ3) is 4.01. The van der Waals surface area contributed by atoms with Gasteiger partial charge in [0.15, 0.2) is 5.69 Å². The molecule has 0 aliphatic carbocycles. The first-order valence-electron chi connectivity index (χ1n) is 9.89. The number of hydrogen-bond acceptors (Lipinski definition) is 4. The van der Waals surface area contributed by atoms with E-state index in [1.807, 2.05) is 18.2 Å². The summed E-state index contributed by atoms with van der Waals surface area (Å²) in [5.41, 5.74) is 3.38. The van der Waals surface area contributed by atoms with Gasteiger partial charge >= 0.3 is 6.18 Å². The number of nitrogens with zero attached hydrogens (tertiary/aromatic N) is 3. The molecule has 0 unspecified atom stereocenters. The van der Waals surface area contributed by atoms with Crippen LogP contribution in [-0.4, -0.2) is 26.3 Å². The first-order valence-corrected chi connectivity index (χ1v) is 9.89. The second-order valence-electron chi connectivity index (χ2n) is 7.52. The van der Waals surface area contributed by atoms with Crippen LogP contribution in [0.2, 0.25) is 0 Å². The Bertz CT molecular complexity index is 1330. The Hall–Kier alpha value is -3.17. The fraction of sp³-hybridized carbons (Fsp3) is 0.227. The van der Waals surface area contributed by atoms with Crippen molar-refractivity contribution in [3.63, 3.8) is 0 Å². The molecule has 0 saturated heterocycles. The fourth-order valence-electron chi connectivity index (χ4n) is 3.96.